The SMILES string of the molecule is CC(C)C1CCN(c2ccc(C(=O)O)cc2)CC1. The fourth-order valence-electron chi connectivity index (χ4n) is 2.64. The van der Waals surface area contributed by atoms with Crippen molar-refractivity contribution in [2.75, 3.05) is 18.0 Å². The molecule has 1 fully saturated rings. The Morgan fingerprint density at radius 2 is 1.78 bits per heavy atom. The van der Waals surface area contributed by atoms with Gasteiger partial charge in [-0.3, -0.25) is 0 Å². The average Bonchev–Trinajstić information content (AvgIpc) is 2.39. The van der Waals surface area contributed by atoms with E-state index >= 15 is 0 Å². The predicted octanol–water partition coefficient (Wildman–Crippen LogP) is 3.26. The third-order valence-corrected chi connectivity index (χ3v) is 3.96. The summed E-state index contributed by atoms with van der Waals surface area (Å²) >= 11 is 0. The third kappa shape index (κ3) is 2.84. The first-order valence-corrected chi connectivity index (χ1v) is 6.66. The second-order valence-electron chi connectivity index (χ2n) is 5.42. The largest absolute Gasteiger partial charge is 0.478 e. The zero-order valence-corrected chi connectivity index (χ0v) is 11.1. The van der Waals surface area contributed by atoms with Crippen LogP contribution in [-0.2, 0) is 0 Å². The van der Waals surface area contributed by atoms with Crippen molar-refractivity contribution in [3.05, 3.63) is 29.8 Å². The van der Waals surface area contributed by atoms with Gasteiger partial charge in [-0.1, -0.05) is 13.8 Å². The number of aromatic carboxylic acids is 1. The van der Waals surface area contributed by atoms with Gasteiger partial charge in [0.15, 0.2) is 0 Å². The molecule has 1 aromatic carbocycles. The minimum atomic E-state index is -0.861. The molecule has 3 heteroatoms. The van der Waals surface area contributed by atoms with Crippen LogP contribution in [0.4, 0.5) is 5.69 Å². The maximum atomic E-state index is 10.8. The molecule has 1 aromatic rings. The van der Waals surface area contributed by atoms with Crippen LogP contribution in [0.25, 0.3) is 0 Å². The van der Waals surface area contributed by atoms with E-state index in [9.17, 15) is 4.79 Å². The lowest BCUT2D eigenvalue weighted by molar-refractivity contribution is 0.0697. The number of anilines is 1. The average molecular weight is 247 g/mol. The Kier molecular flexibility index (Phi) is 3.90. The Labute approximate surface area is 108 Å². The van der Waals surface area contributed by atoms with Gasteiger partial charge in [0.1, 0.15) is 0 Å². The molecule has 0 radical (unpaired) electrons. The van der Waals surface area contributed by atoms with E-state index in [2.05, 4.69) is 18.7 Å². The van der Waals surface area contributed by atoms with Crippen LogP contribution in [0, 0.1) is 11.8 Å². The summed E-state index contributed by atoms with van der Waals surface area (Å²) < 4.78 is 0. The van der Waals surface area contributed by atoms with E-state index in [-0.39, 0.29) is 0 Å². The lowest BCUT2D eigenvalue weighted by Crippen LogP contribution is -2.35. The number of hydrogen-bond donors (Lipinski definition) is 1. The summed E-state index contributed by atoms with van der Waals surface area (Å²) in [4.78, 5) is 13.1. The van der Waals surface area contributed by atoms with Crippen molar-refractivity contribution in [3.63, 3.8) is 0 Å². The van der Waals surface area contributed by atoms with E-state index in [0.717, 1.165) is 30.6 Å². The molecule has 1 heterocycles. The molecular weight excluding hydrogens is 226 g/mol. The van der Waals surface area contributed by atoms with Crippen molar-refractivity contribution >= 4 is 11.7 Å². The van der Waals surface area contributed by atoms with E-state index in [1.54, 1.807) is 12.1 Å². The number of nitrogens with zero attached hydrogens (tertiary/aromatic N) is 1. The van der Waals surface area contributed by atoms with Gasteiger partial charge in [-0.25, -0.2) is 4.79 Å². The van der Waals surface area contributed by atoms with Gasteiger partial charge in [0.05, 0.1) is 5.56 Å². The molecule has 0 bridgehead atoms. The predicted molar refractivity (Wildman–Crippen MR) is 73.2 cm³/mol. The molecule has 98 valence electrons. The maximum Gasteiger partial charge on any atom is 0.335 e. The molecule has 0 saturated carbocycles. The highest BCUT2D eigenvalue weighted by atomic mass is 16.4. The van der Waals surface area contributed by atoms with Crippen LogP contribution in [0.1, 0.15) is 37.0 Å². The fourth-order valence-corrected chi connectivity index (χ4v) is 2.64. The van der Waals surface area contributed by atoms with Crippen LogP contribution in [0.15, 0.2) is 24.3 Å². The van der Waals surface area contributed by atoms with Gasteiger partial charge in [0.25, 0.3) is 0 Å². The zero-order chi connectivity index (χ0) is 13.1. The van der Waals surface area contributed by atoms with Crippen LogP contribution in [0.2, 0.25) is 0 Å². The van der Waals surface area contributed by atoms with Crippen LogP contribution in [0.3, 0.4) is 0 Å². The molecule has 1 N–H and O–H groups in total. The van der Waals surface area contributed by atoms with Gasteiger partial charge in [-0.15, -0.1) is 0 Å². The second kappa shape index (κ2) is 5.42. The summed E-state index contributed by atoms with van der Waals surface area (Å²) in [6.07, 6.45) is 2.47. The van der Waals surface area contributed by atoms with Gasteiger partial charge in [0.2, 0.25) is 0 Å². The fraction of sp³-hybridized carbons (Fsp3) is 0.533. The number of carboxylic acids is 1. The second-order valence-corrected chi connectivity index (χ2v) is 5.42. The van der Waals surface area contributed by atoms with Crippen molar-refractivity contribution in [2.45, 2.75) is 26.7 Å². The molecular formula is C15H21NO2. The summed E-state index contributed by atoms with van der Waals surface area (Å²) in [7, 11) is 0. The smallest absolute Gasteiger partial charge is 0.335 e. The summed E-state index contributed by atoms with van der Waals surface area (Å²) in [6, 6.07) is 7.21. The summed E-state index contributed by atoms with van der Waals surface area (Å²) in [5.41, 5.74) is 1.50. The van der Waals surface area contributed by atoms with Gasteiger partial charge in [0, 0.05) is 18.8 Å². The Morgan fingerprint density at radius 1 is 1.22 bits per heavy atom. The molecule has 0 aromatic heterocycles. The van der Waals surface area contributed by atoms with E-state index < -0.39 is 5.97 Å². The van der Waals surface area contributed by atoms with Crippen LogP contribution >= 0.6 is 0 Å². The van der Waals surface area contributed by atoms with Gasteiger partial charge in [-0.05, 0) is 48.9 Å². The third-order valence-electron chi connectivity index (χ3n) is 3.96. The van der Waals surface area contributed by atoms with E-state index in [1.165, 1.54) is 12.8 Å². The number of rotatable bonds is 3. The first-order chi connectivity index (χ1) is 8.58. The Morgan fingerprint density at radius 3 is 2.22 bits per heavy atom. The lowest BCUT2D eigenvalue weighted by Gasteiger charge is -2.35. The summed E-state index contributed by atoms with van der Waals surface area (Å²) in [5, 5.41) is 8.87. The maximum absolute atomic E-state index is 10.8. The number of carbonyl (C=O) groups is 1. The minimum absolute atomic E-state index is 0.357. The molecule has 2 rings (SSSR count). The van der Waals surface area contributed by atoms with Gasteiger partial charge >= 0.3 is 5.97 Å². The Hall–Kier alpha value is -1.51. The van der Waals surface area contributed by atoms with Crippen molar-refractivity contribution in [1.82, 2.24) is 0 Å². The van der Waals surface area contributed by atoms with Crippen LogP contribution < -0.4 is 4.90 Å². The van der Waals surface area contributed by atoms with Crippen LogP contribution in [-0.4, -0.2) is 24.2 Å². The highest BCUT2D eigenvalue weighted by molar-refractivity contribution is 5.88. The molecule has 0 aliphatic carbocycles. The monoisotopic (exact) mass is 247 g/mol. The first kappa shape index (κ1) is 12.9. The first-order valence-electron chi connectivity index (χ1n) is 6.66. The molecule has 3 nitrogen and oxygen atoms in total. The lowest BCUT2D eigenvalue weighted by atomic mass is 9.86. The van der Waals surface area contributed by atoms with Crippen molar-refractivity contribution in [1.29, 1.82) is 0 Å². The van der Waals surface area contributed by atoms with Crippen LogP contribution in [0.5, 0.6) is 0 Å². The summed E-state index contributed by atoms with van der Waals surface area (Å²) in [6.45, 7) is 6.74. The quantitative estimate of drug-likeness (QED) is 0.891. The van der Waals surface area contributed by atoms with Gasteiger partial charge in [-0.2, -0.15) is 0 Å². The Bertz CT molecular complexity index is 403. The summed E-state index contributed by atoms with van der Waals surface area (Å²) in [5.74, 6) is 0.737. The van der Waals surface area contributed by atoms with Crippen molar-refractivity contribution in [2.24, 2.45) is 11.8 Å². The molecule has 0 unspecified atom stereocenters. The number of piperidine rings is 1. The zero-order valence-electron chi connectivity index (χ0n) is 11.1. The van der Waals surface area contributed by atoms with E-state index in [4.69, 9.17) is 5.11 Å². The topological polar surface area (TPSA) is 40.5 Å². The molecule has 18 heavy (non-hydrogen) atoms. The van der Waals surface area contributed by atoms with Gasteiger partial charge < -0.3 is 10.0 Å². The number of carboxylic acid groups (broad SMARTS) is 1. The van der Waals surface area contributed by atoms with Crippen molar-refractivity contribution in [3.8, 4) is 0 Å². The molecule has 1 saturated heterocycles. The van der Waals surface area contributed by atoms with E-state index in [0.29, 0.717) is 5.56 Å². The molecule has 1 aliphatic rings. The minimum Gasteiger partial charge on any atom is -0.478 e. The number of benzene rings is 1. The van der Waals surface area contributed by atoms with E-state index in [1.807, 2.05) is 12.1 Å². The van der Waals surface area contributed by atoms with Crippen molar-refractivity contribution < 1.29 is 9.90 Å². The molecule has 1 aliphatic heterocycles. The molecule has 0 atom stereocenters. The molecule has 0 spiro atoms. The standard InChI is InChI=1S/C15H21NO2/c1-11(2)12-7-9-16(10-8-12)14-5-3-13(4-6-14)15(17)18/h3-6,11-12H,7-10H2,1-2H3,(H,17,18). The molecule has 0 amide bonds. The highest BCUT2D eigenvalue weighted by Crippen LogP contribution is 2.27. The highest BCUT2D eigenvalue weighted by Gasteiger charge is 2.21. The normalized spacial score (nSPS) is 17.2. The Balaban J connectivity index is 1.99. The number of hydrogen-bond acceptors (Lipinski definition) is 2.